The van der Waals surface area contributed by atoms with E-state index in [4.69, 9.17) is 20.6 Å². The maximum Gasteiger partial charge on any atom is 0.344 e. The molecule has 13 heteroatoms. The normalized spacial score (nSPS) is 14.1. The van der Waals surface area contributed by atoms with Crippen LogP contribution in [0.4, 0.5) is 0 Å². The molecule has 0 radical (unpaired) electrons. The largest absolute Gasteiger partial charge is 0.442 e. The summed E-state index contributed by atoms with van der Waals surface area (Å²) in [7, 11) is -4.53. The number of carbonyl (C=O) groups excluding carboxylic acids is 3. The topological polar surface area (TPSA) is 133 Å². The zero-order chi connectivity index (χ0) is 29.9. The van der Waals surface area contributed by atoms with Crippen LogP contribution < -0.4 is 9.47 Å². The molecule has 1 N–H and O–H groups in total. The number of benzene rings is 3. The van der Waals surface area contributed by atoms with Gasteiger partial charge >= 0.3 is 17.9 Å². The molecule has 3 aromatic rings. The predicted molar refractivity (Wildman–Crippen MR) is 173 cm³/mol. The molecule has 0 amide bonds. The molecule has 41 heavy (non-hydrogen) atoms. The lowest BCUT2D eigenvalue weighted by molar-refractivity contribution is 0.0103. The van der Waals surface area contributed by atoms with Crippen LogP contribution in [0.2, 0.25) is 0 Å². The number of halogens is 3. The van der Waals surface area contributed by atoms with Crippen molar-refractivity contribution in [1.82, 2.24) is 0 Å². The molecule has 9 nitrogen and oxygen atoms in total. The zero-order valence-corrected chi connectivity index (χ0v) is 28.1. The molecule has 1 aliphatic carbocycles. The summed E-state index contributed by atoms with van der Waals surface area (Å²) in [4.78, 5) is 39.2. The van der Waals surface area contributed by atoms with Gasteiger partial charge in [-0.25, -0.2) is 14.4 Å². The minimum atomic E-state index is -4.53. The SMILES string of the molecule is C#CC1(OC(=O)c2ccc(C(=O)Oc3ccc(I)cc3)c(C(=O)Oc3cc(I)c(S(=O)(=O)O)c(I)c3)c2)CCCC1. The van der Waals surface area contributed by atoms with E-state index in [9.17, 15) is 27.4 Å². The van der Waals surface area contributed by atoms with Crippen LogP contribution in [0.1, 0.15) is 56.8 Å². The Morgan fingerprint density at radius 1 is 0.805 bits per heavy atom. The van der Waals surface area contributed by atoms with E-state index < -0.39 is 33.6 Å². The summed E-state index contributed by atoms with van der Waals surface area (Å²) in [5, 5.41) is 0. The van der Waals surface area contributed by atoms with Crippen LogP contribution in [0, 0.1) is 23.1 Å². The third kappa shape index (κ3) is 7.58. The number of terminal acetylenes is 1. The van der Waals surface area contributed by atoms with Gasteiger partial charge in [-0.3, -0.25) is 4.55 Å². The molecule has 0 heterocycles. The molecule has 212 valence electrons. The second kappa shape index (κ2) is 12.9. The zero-order valence-electron chi connectivity index (χ0n) is 20.9. The van der Waals surface area contributed by atoms with E-state index in [1.165, 1.54) is 24.3 Å². The molecule has 0 saturated heterocycles. The van der Waals surface area contributed by atoms with Crippen molar-refractivity contribution < 1.29 is 41.6 Å². The highest BCUT2D eigenvalue weighted by atomic mass is 127. The predicted octanol–water partition coefficient (Wildman–Crippen LogP) is 6.29. The monoisotopic (exact) mass is 912 g/mol. The minimum absolute atomic E-state index is 0.0322. The van der Waals surface area contributed by atoms with Crippen LogP contribution in [0.5, 0.6) is 11.5 Å². The van der Waals surface area contributed by atoms with Gasteiger partial charge in [0.15, 0.2) is 5.60 Å². The Balaban J connectivity index is 1.70. The van der Waals surface area contributed by atoms with Gasteiger partial charge in [-0.05, 0) is 148 Å². The number of hydrogen-bond donors (Lipinski definition) is 1. The fourth-order valence-electron chi connectivity index (χ4n) is 4.15. The Hall–Kier alpha value is -2.27. The van der Waals surface area contributed by atoms with E-state index in [0.717, 1.165) is 22.5 Å². The first-order valence-corrected chi connectivity index (χ1v) is 16.5. The molecule has 1 fully saturated rings. The van der Waals surface area contributed by atoms with Gasteiger partial charge in [0.25, 0.3) is 10.1 Å². The molecule has 3 aromatic carbocycles. The summed E-state index contributed by atoms with van der Waals surface area (Å²) >= 11 is 5.47. The van der Waals surface area contributed by atoms with Crippen LogP contribution in [0.25, 0.3) is 0 Å². The average Bonchev–Trinajstić information content (AvgIpc) is 3.37. The molecule has 0 bridgehead atoms. The summed E-state index contributed by atoms with van der Waals surface area (Å²) in [6, 6.07) is 12.9. The van der Waals surface area contributed by atoms with Crippen LogP contribution in [-0.4, -0.2) is 36.5 Å². The summed E-state index contributed by atoms with van der Waals surface area (Å²) in [6.45, 7) is 0. The van der Waals surface area contributed by atoms with Crippen molar-refractivity contribution in [1.29, 1.82) is 0 Å². The first kappa shape index (κ1) is 31.7. The third-order valence-electron chi connectivity index (χ3n) is 6.12. The highest BCUT2D eigenvalue weighted by Crippen LogP contribution is 2.34. The number of esters is 3. The van der Waals surface area contributed by atoms with Crippen molar-refractivity contribution in [3.8, 4) is 23.8 Å². The average molecular weight is 912 g/mol. The molecular formula is C28H19I3O9S. The fraction of sp³-hybridized carbons (Fsp3) is 0.179. The van der Waals surface area contributed by atoms with Crippen LogP contribution in [-0.2, 0) is 14.9 Å². The van der Waals surface area contributed by atoms with Gasteiger partial charge in [0.05, 0.1) is 16.7 Å². The van der Waals surface area contributed by atoms with Gasteiger partial charge in [0, 0.05) is 10.7 Å². The molecule has 0 atom stereocenters. The number of carbonyl (C=O) groups is 3. The van der Waals surface area contributed by atoms with E-state index in [1.807, 2.05) is 0 Å². The first-order valence-electron chi connectivity index (χ1n) is 11.8. The smallest absolute Gasteiger partial charge is 0.344 e. The van der Waals surface area contributed by atoms with Crippen LogP contribution in [0.15, 0.2) is 59.5 Å². The molecule has 4 rings (SSSR count). The van der Waals surface area contributed by atoms with Gasteiger partial charge in [0.1, 0.15) is 16.4 Å². The minimum Gasteiger partial charge on any atom is -0.442 e. The fourth-order valence-corrected chi connectivity index (χ4v) is 8.50. The maximum absolute atomic E-state index is 13.4. The van der Waals surface area contributed by atoms with Crippen molar-refractivity contribution >= 4 is 95.8 Å². The molecule has 1 saturated carbocycles. The van der Waals surface area contributed by atoms with Gasteiger partial charge in [0.2, 0.25) is 0 Å². The van der Waals surface area contributed by atoms with E-state index in [0.29, 0.717) is 12.8 Å². The van der Waals surface area contributed by atoms with Gasteiger partial charge in [-0.15, -0.1) is 6.42 Å². The lowest BCUT2D eigenvalue weighted by atomic mass is 10.0. The number of hydrogen-bond acceptors (Lipinski definition) is 8. The molecular weight excluding hydrogens is 893 g/mol. The molecule has 0 unspecified atom stereocenters. The summed E-state index contributed by atoms with van der Waals surface area (Å²) in [5.74, 6) is 0.0814. The van der Waals surface area contributed by atoms with Crippen molar-refractivity contribution in [2.24, 2.45) is 0 Å². The molecule has 0 aliphatic heterocycles. The maximum atomic E-state index is 13.4. The molecule has 0 aromatic heterocycles. The van der Waals surface area contributed by atoms with Crippen molar-refractivity contribution in [2.45, 2.75) is 36.2 Å². The Bertz CT molecular complexity index is 1660. The van der Waals surface area contributed by atoms with Crippen molar-refractivity contribution in [3.05, 3.63) is 82.0 Å². The van der Waals surface area contributed by atoms with E-state index in [-0.39, 0.29) is 40.2 Å². The second-order valence-corrected chi connectivity index (χ2v) is 13.8. The highest BCUT2D eigenvalue weighted by molar-refractivity contribution is 14.1. The molecule has 1 aliphatic rings. The van der Waals surface area contributed by atoms with E-state index in [2.05, 4.69) is 28.5 Å². The van der Waals surface area contributed by atoms with E-state index >= 15 is 0 Å². The Kier molecular flexibility index (Phi) is 9.99. The highest BCUT2D eigenvalue weighted by Gasteiger charge is 2.36. The number of rotatable bonds is 7. The Morgan fingerprint density at radius 3 is 1.93 bits per heavy atom. The number of ether oxygens (including phenoxy) is 3. The standard InChI is InChI=1S/C28H19I3O9S/c1-2-28(11-3-4-12-28)40-25(32)16-5-10-20(26(33)38-18-8-6-17(29)7-9-18)21(13-16)27(34)39-19-14-22(30)24(23(31)15-19)41(35,36)37/h1,5-10,13-15H,3-4,11-12H2,(H,35,36,37). The second-order valence-electron chi connectivity index (χ2n) is 8.92. The van der Waals surface area contributed by atoms with Gasteiger partial charge < -0.3 is 14.2 Å². The summed E-state index contributed by atoms with van der Waals surface area (Å²) in [6.07, 6.45) is 8.30. The Morgan fingerprint density at radius 2 is 1.37 bits per heavy atom. The molecule has 0 spiro atoms. The summed E-state index contributed by atoms with van der Waals surface area (Å²) in [5.41, 5.74) is -1.55. The van der Waals surface area contributed by atoms with Gasteiger partial charge in [-0.1, -0.05) is 5.92 Å². The first-order chi connectivity index (χ1) is 19.3. The summed E-state index contributed by atoms with van der Waals surface area (Å²) < 4.78 is 50.6. The van der Waals surface area contributed by atoms with E-state index in [1.54, 1.807) is 69.4 Å². The lowest BCUT2D eigenvalue weighted by Gasteiger charge is -2.23. The third-order valence-corrected chi connectivity index (χ3v) is 10.2. The van der Waals surface area contributed by atoms with Crippen LogP contribution in [0.3, 0.4) is 0 Å². The van der Waals surface area contributed by atoms with Gasteiger partial charge in [-0.2, -0.15) is 8.42 Å². The quantitative estimate of drug-likeness (QED) is 0.0956. The van der Waals surface area contributed by atoms with Crippen molar-refractivity contribution in [3.63, 3.8) is 0 Å². The Labute approximate surface area is 276 Å². The lowest BCUT2D eigenvalue weighted by Crippen LogP contribution is -2.30. The van der Waals surface area contributed by atoms with Crippen molar-refractivity contribution in [2.75, 3.05) is 0 Å². The van der Waals surface area contributed by atoms with Crippen LogP contribution >= 0.6 is 67.8 Å².